The molecular weight excluding hydrogens is 319 g/mol. The van der Waals surface area contributed by atoms with Gasteiger partial charge in [-0.1, -0.05) is 11.6 Å². The zero-order chi connectivity index (χ0) is 12.7. The van der Waals surface area contributed by atoms with E-state index in [0.717, 1.165) is 16.6 Å². The van der Waals surface area contributed by atoms with E-state index in [0.29, 0.717) is 15.3 Å². The minimum atomic E-state index is -0.294. The lowest BCUT2D eigenvalue weighted by Crippen LogP contribution is -1.83. The molecule has 1 heterocycles. The molecule has 5 heteroatoms. The third-order valence-corrected chi connectivity index (χ3v) is 3.48. The van der Waals surface area contributed by atoms with Crippen LogP contribution in [0.1, 0.15) is 0 Å². The number of halogens is 3. The van der Waals surface area contributed by atoms with E-state index in [2.05, 4.69) is 25.9 Å². The normalized spacial score (nSPS) is 11.1. The van der Waals surface area contributed by atoms with Crippen molar-refractivity contribution in [3.63, 3.8) is 0 Å². The van der Waals surface area contributed by atoms with E-state index in [-0.39, 0.29) is 5.82 Å². The Bertz CT molecular complexity index is 739. The van der Waals surface area contributed by atoms with Crippen LogP contribution in [0.4, 0.5) is 4.39 Å². The first-order valence-electron chi connectivity index (χ1n) is 5.24. The maximum atomic E-state index is 13.2. The lowest BCUT2D eigenvalue weighted by molar-refractivity contribution is 0.621. The summed E-state index contributed by atoms with van der Waals surface area (Å²) < 4.78 is 13.6. The predicted molar refractivity (Wildman–Crippen MR) is 74.2 cm³/mol. The number of aromatic nitrogens is 2. The second-order valence-corrected chi connectivity index (χ2v) is 5.17. The second kappa shape index (κ2) is 4.37. The summed E-state index contributed by atoms with van der Waals surface area (Å²) in [5.41, 5.74) is 2.50. The minimum Gasteiger partial charge on any atom is -0.338 e. The van der Waals surface area contributed by atoms with Crippen molar-refractivity contribution in [2.24, 2.45) is 0 Å². The van der Waals surface area contributed by atoms with E-state index < -0.39 is 0 Å². The van der Waals surface area contributed by atoms with Gasteiger partial charge in [0.1, 0.15) is 11.6 Å². The fourth-order valence-electron chi connectivity index (χ4n) is 1.76. The molecule has 18 heavy (non-hydrogen) atoms. The molecule has 0 bridgehead atoms. The molecule has 2 nitrogen and oxygen atoms in total. The van der Waals surface area contributed by atoms with Crippen molar-refractivity contribution < 1.29 is 4.39 Å². The average molecular weight is 326 g/mol. The van der Waals surface area contributed by atoms with Gasteiger partial charge in [-0.2, -0.15) is 0 Å². The molecule has 0 aliphatic carbocycles. The van der Waals surface area contributed by atoms with Gasteiger partial charge in [0.15, 0.2) is 0 Å². The minimum absolute atomic E-state index is 0.294. The van der Waals surface area contributed by atoms with Crippen molar-refractivity contribution in [3.8, 4) is 11.4 Å². The number of rotatable bonds is 1. The Hall–Kier alpha value is -1.39. The molecule has 0 saturated carbocycles. The molecule has 0 unspecified atom stereocenters. The Morgan fingerprint density at radius 1 is 1.17 bits per heavy atom. The van der Waals surface area contributed by atoms with Crippen LogP contribution in [0.25, 0.3) is 22.4 Å². The highest BCUT2D eigenvalue weighted by molar-refractivity contribution is 9.10. The van der Waals surface area contributed by atoms with E-state index in [9.17, 15) is 4.39 Å². The van der Waals surface area contributed by atoms with Gasteiger partial charge >= 0.3 is 0 Å². The van der Waals surface area contributed by atoms with Gasteiger partial charge in [-0.05, 0) is 52.3 Å². The van der Waals surface area contributed by atoms with Crippen LogP contribution in [-0.2, 0) is 0 Å². The molecule has 0 atom stereocenters. The maximum Gasteiger partial charge on any atom is 0.138 e. The zero-order valence-corrected chi connectivity index (χ0v) is 11.4. The van der Waals surface area contributed by atoms with Gasteiger partial charge in [0.05, 0.1) is 15.5 Å². The first-order valence-corrected chi connectivity index (χ1v) is 6.41. The van der Waals surface area contributed by atoms with Crippen LogP contribution >= 0.6 is 27.5 Å². The third-order valence-electron chi connectivity index (χ3n) is 2.64. The standard InChI is InChI=1S/C13H7BrClFN2/c14-9-5-7(1-3-10(9)16)13-17-11-4-2-8(15)6-12(11)18-13/h1-6H,(H,17,18). The van der Waals surface area contributed by atoms with Crippen molar-refractivity contribution in [1.29, 1.82) is 0 Å². The van der Waals surface area contributed by atoms with Crippen LogP contribution in [-0.4, -0.2) is 9.97 Å². The Kier molecular flexibility index (Phi) is 2.84. The molecule has 3 rings (SSSR count). The molecule has 2 aromatic carbocycles. The van der Waals surface area contributed by atoms with Crippen LogP contribution < -0.4 is 0 Å². The zero-order valence-electron chi connectivity index (χ0n) is 9.05. The van der Waals surface area contributed by atoms with E-state index >= 15 is 0 Å². The summed E-state index contributed by atoms with van der Waals surface area (Å²) >= 11 is 9.08. The molecule has 0 spiro atoms. The number of imidazole rings is 1. The van der Waals surface area contributed by atoms with Crippen LogP contribution in [0.5, 0.6) is 0 Å². The number of benzene rings is 2. The summed E-state index contributed by atoms with van der Waals surface area (Å²) in [6.45, 7) is 0. The molecule has 1 aromatic heterocycles. The summed E-state index contributed by atoms with van der Waals surface area (Å²) in [5.74, 6) is 0.394. The second-order valence-electron chi connectivity index (χ2n) is 3.88. The third kappa shape index (κ3) is 2.02. The maximum absolute atomic E-state index is 13.2. The predicted octanol–water partition coefficient (Wildman–Crippen LogP) is 4.78. The van der Waals surface area contributed by atoms with Gasteiger partial charge in [0.25, 0.3) is 0 Å². The average Bonchev–Trinajstić information content (AvgIpc) is 2.75. The quantitative estimate of drug-likeness (QED) is 0.685. The Morgan fingerprint density at radius 2 is 2.00 bits per heavy atom. The number of fused-ring (bicyclic) bond motifs is 1. The molecular formula is C13H7BrClFN2. The molecule has 0 amide bonds. The van der Waals surface area contributed by atoms with Gasteiger partial charge in [0, 0.05) is 10.6 Å². The Labute approximate surface area is 116 Å². The summed E-state index contributed by atoms with van der Waals surface area (Å²) in [7, 11) is 0. The highest BCUT2D eigenvalue weighted by Crippen LogP contribution is 2.26. The van der Waals surface area contributed by atoms with Crippen LogP contribution in [0.2, 0.25) is 5.02 Å². The highest BCUT2D eigenvalue weighted by Gasteiger charge is 2.07. The Balaban J connectivity index is 2.16. The molecule has 0 aliphatic rings. The summed E-state index contributed by atoms with van der Waals surface area (Å²) in [6.07, 6.45) is 0. The van der Waals surface area contributed by atoms with Crippen LogP contribution in [0.3, 0.4) is 0 Å². The fourth-order valence-corrected chi connectivity index (χ4v) is 2.31. The van der Waals surface area contributed by atoms with Crippen molar-refractivity contribution in [1.82, 2.24) is 9.97 Å². The number of nitrogens with one attached hydrogen (secondary N) is 1. The molecule has 90 valence electrons. The number of nitrogens with zero attached hydrogens (tertiary/aromatic N) is 1. The largest absolute Gasteiger partial charge is 0.338 e. The first kappa shape index (κ1) is 11.7. The number of H-pyrrole nitrogens is 1. The molecule has 0 aliphatic heterocycles. The summed E-state index contributed by atoms with van der Waals surface area (Å²) in [4.78, 5) is 7.60. The molecule has 0 saturated heterocycles. The van der Waals surface area contributed by atoms with Crippen molar-refractivity contribution in [3.05, 3.63) is 51.7 Å². The SMILES string of the molecule is Fc1ccc(-c2nc3ccc(Cl)cc3[nH]2)cc1Br. The van der Waals surface area contributed by atoms with Crippen molar-refractivity contribution in [2.45, 2.75) is 0 Å². The highest BCUT2D eigenvalue weighted by atomic mass is 79.9. The molecule has 0 radical (unpaired) electrons. The lowest BCUT2D eigenvalue weighted by Gasteiger charge is -1.98. The smallest absolute Gasteiger partial charge is 0.138 e. The van der Waals surface area contributed by atoms with Gasteiger partial charge in [-0.3, -0.25) is 0 Å². The van der Waals surface area contributed by atoms with E-state index in [1.807, 2.05) is 12.1 Å². The number of aromatic amines is 1. The fraction of sp³-hybridized carbons (Fsp3) is 0. The first-order chi connectivity index (χ1) is 8.63. The molecule has 1 N–H and O–H groups in total. The van der Waals surface area contributed by atoms with Gasteiger partial charge in [-0.15, -0.1) is 0 Å². The lowest BCUT2D eigenvalue weighted by atomic mass is 10.2. The van der Waals surface area contributed by atoms with Crippen molar-refractivity contribution >= 4 is 38.6 Å². The van der Waals surface area contributed by atoms with Crippen LogP contribution in [0.15, 0.2) is 40.9 Å². The Morgan fingerprint density at radius 3 is 2.78 bits per heavy atom. The van der Waals surface area contributed by atoms with E-state index in [1.54, 1.807) is 18.2 Å². The number of hydrogen-bond donors (Lipinski definition) is 1. The summed E-state index contributed by atoms with van der Waals surface area (Å²) in [6, 6.07) is 10.2. The van der Waals surface area contributed by atoms with Gasteiger partial charge in [-0.25, -0.2) is 9.37 Å². The van der Waals surface area contributed by atoms with Crippen LogP contribution in [0, 0.1) is 5.82 Å². The topological polar surface area (TPSA) is 28.7 Å². The molecule has 3 aromatic rings. The molecule has 0 fully saturated rings. The van der Waals surface area contributed by atoms with Gasteiger partial charge in [0.2, 0.25) is 0 Å². The monoisotopic (exact) mass is 324 g/mol. The van der Waals surface area contributed by atoms with E-state index in [1.165, 1.54) is 6.07 Å². The van der Waals surface area contributed by atoms with Gasteiger partial charge < -0.3 is 4.98 Å². The van der Waals surface area contributed by atoms with Crippen molar-refractivity contribution in [2.75, 3.05) is 0 Å². The van der Waals surface area contributed by atoms with E-state index in [4.69, 9.17) is 11.6 Å². The number of hydrogen-bond acceptors (Lipinski definition) is 1. The summed E-state index contributed by atoms with van der Waals surface area (Å²) in [5, 5.41) is 0.651.